The summed E-state index contributed by atoms with van der Waals surface area (Å²) in [5.41, 5.74) is 8.34. The maximum Gasteiger partial charge on any atom is 0.266 e. The van der Waals surface area contributed by atoms with Crippen molar-refractivity contribution >= 4 is 89.5 Å². The Morgan fingerprint density at radius 2 is 0.645 bits per heavy atom. The topological polar surface area (TPSA) is 159 Å². The normalized spacial score (nSPS) is 15.5. The molecule has 76 heavy (non-hydrogen) atoms. The second-order valence-corrected chi connectivity index (χ2v) is 19.8. The zero-order valence-electron chi connectivity index (χ0n) is 40.8. The number of fused-ring (bicyclic) bond motifs is 2. The van der Waals surface area contributed by atoms with E-state index in [2.05, 4.69) is 29.7 Å². The van der Waals surface area contributed by atoms with Crippen molar-refractivity contribution in [3.8, 4) is 45.6 Å². The number of carbonyl (C=O) groups is 4. The Labute approximate surface area is 434 Å². The number of aromatic nitrogens is 6. The molecule has 0 spiro atoms. The van der Waals surface area contributed by atoms with Gasteiger partial charge in [0, 0.05) is 106 Å². The lowest BCUT2D eigenvalue weighted by Gasteiger charge is -2.34. The molecule has 0 bridgehead atoms. The lowest BCUT2D eigenvalue weighted by atomic mass is 9.80. The number of carbonyl (C=O) groups excluding carboxylic acids is 4. The molecule has 15 rings (SSSR count). The van der Waals surface area contributed by atoms with E-state index in [4.69, 9.17) is 9.97 Å². The molecule has 11 aromatic rings. The minimum absolute atomic E-state index is 0.352. The fourth-order valence-corrected chi connectivity index (χ4v) is 12.2. The van der Waals surface area contributed by atoms with E-state index in [9.17, 15) is 0 Å². The predicted molar refractivity (Wildman–Crippen MR) is 294 cm³/mol. The van der Waals surface area contributed by atoms with Gasteiger partial charge in [0.1, 0.15) is 0 Å². The molecule has 6 aromatic heterocycles. The fourth-order valence-electron chi connectivity index (χ4n) is 12.2. The van der Waals surface area contributed by atoms with E-state index in [0.29, 0.717) is 90.0 Å². The van der Waals surface area contributed by atoms with Gasteiger partial charge >= 0.3 is 0 Å². The molecule has 4 amide bonds. The Bertz CT molecular complexity index is 3890. The number of anilines is 4. The lowest BCUT2D eigenvalue weighted by molar-refractivity contribution is 0.0877. The summed E-state index contributed by atoms with van der Waals surface area (Å²) < 4.78 is 0. The summed E-state index contributed by atoms with van der Waals surface area (Å²) in [7, 11) is 0. The molecular weight excluding hydrogens is 949 g/mol. The monoisotopic (exact) mass is 990 g/mol. The number of nitrogens with zero attached hydrogens (tertiary/aromatic N) is 10. The number of hydrogen-bond donors (Lipinski definition) is 0. The highest BCUT2D eigenvalue weighted by molar-refractivity contribution is 6.47. The summed E-state index contributed by atoms with van der Waals surface area (Å²) in [6.45, 7) is 3.06. The third-order valence-electron chi connectivity index (χ3n) is 15.5. The van der Waals surface area contributed by atoms with Crippen LogP contribution in [0.4, 0.5) is 22.7 Å². The van der Waals surface area contributed by atoms with Crippen molar-refractivity contribution in [1.82, 2.24) is 29.9 Å². The quantitative estimate of drug-likeness (QED) is 0.0807. The molecule has 2 fully saturated rings. The minimum atomic E-state index is -0.463. The van der Waals surface area contributed by atoms with Crippen molar-refractivity contribution in [1.29, 1.82) is 0 Å². The van der Waals surface area contributed by atoms with Crippen molar-refractivity contribution < 1.29 is 19.2 Å². The highest BCUT2D eigenvalue weighted by Crippen LogP contribution is 2.53. The molecule has 0 radical (unpaired) electrons. The van der Waals surface area contributed by atoms with Gasteiger partial charge in [-0.25, -0.2) is 19.8 Å². The van der Waals surface area contributed by atoms with Gasteiger partial charge in [-0.05, 0) is 134 Å². The van der Waals surface area contributed by atoms with E-state index in [1.54, 1.807) is 49.1 Å². The molecular formula is C62H42N10O4. The molecule has 4 aliphatic rings. The first-order valence-corrected chi connectivity index (χ1v) is 25.6. The lowest BCUT2D eigenvalue weighted by Crippen LogP contribution is -2.41. The van der Waals surface area contributed by atoms with Crippen molar-refractivity contribution in [2.45, 2.75) is 25.7 Å². The molecule has 14 nitrogen and oxygen atoms in total. The molecule has 0 unspecified atom stereocenters. The van der Waals surface area contributed by atoms with Crippen LogP contribution < -0.4 is 19.6 Å². The third kappa shape index (κ3) is 6.52. The van der Waals surface area contributed by atoms with Crippen molar-refractivity contribution in [2.75, 3.05) is 45.8 Å². The van der Waals surface area contributed by atoms with Gasteiger partial charge in [0.05, 0.1) is 68.1 Å². The molecule has 10 heterocycles. The van der Waals surface area contributed by atoms with E-state index in [0.717, 1.165) is 95.6 Å². The van der Waals surface area contributed by atoms with E-state index >= 15 is 19.2 Å². The zero-order valence-corrected chi connectivity index (χ0v) is 40.8. The Hall–Kier alpha value is -9.82. The Balaban J connectivity index is 0.968. The molecule has 4 aliphatic heterocycles. The molecule has 0 saturated carbocycles. The molecule has 0 N–H and O–H groups in total. The second-order valence-electron chi connectivity index (χ2n) is 19.8. The van der Waals surface area contributed by atoms with Gasteiger partial charge in [0.2, 0.25) is 0 Å². The molecule has 364 valence electrons. The van der Waals surface area contributed by atoms with Crippen LogP contribution in [0.5, 0.6) is 0 Å². The largest absolute Gasteiger partial charge is 0.371 e. The number of amides is 4. The zero-order chi connectivity index (χ0) is 50.8. The van der Waals surface area contributed by atoms with Gasteiger partial charge in [-0.1, -0.05) is 36.4 Å². The van der Waals surface area contributed by atoms with Crippen LogP contribution in [-0.2, 0) is 0 Å². The second kappa shape index (κ2) is 16.9. The first kappa shape index (κ1) is 43.7. The highest BCUT2D eigenvalue weighted by Gasteiger charge is 2.41. The highest BCUT2D eigenvalue weighted by atomic mass is 16.2. The van der Waals surface area contributed by atoms with Gasteiger partial charge in [-0.2, -0.15) is 0 Å². The van der Waals surface area contributed by atoms with E-state index in [1.807, 2.05) is 109 Å². The van der Waals surface area contributed by atoms with E-state index in [-0.39, 0.29) is 0 Å². The summed E-state index contributed by atoms with van der Waals surface area (Å²) >= 11 is 0. The molecule has 5 aromatic carbocycles. The van der Waals surface area contributed by atoms with E-state index in [1.165, 1.54) is 9.80 Å². The maximum absolute atomic E-state index is 15.6. The fraction of sp³-hybridized carbons (Fsp3) is 0.129. The van der Waals surface area contributed by atoms with Gasteiger partial charge < -0.3 is 9.80 Å². The number of benzene rings is 5. The van der Waals surface area contributed by atoms with Crippen LogP contribution in [0.3, 0.4) is 0 Å². The van der Waals surface area contributed by atoms with Gasteiger partial charge in [-0.15, -0.1) is 0 Å². The Kier molecular flexibility index (Phi) is 9.70. The minimum Gasteiger partial charge on any atom is -0.371 e. The summed E-state index contributed by atoms with van der Waals surface area (Å²) in [5.74, 6) is -1.83. The molecule has 2 saturated heterocycles. The van der Waals surface area contributed by atoms with Gasteiger partial charge in [-0.3, -0.25) is 39.1 Å². The Morgan fingerprint density at radius 1 is 0.316 bits per heavy atom. The summed E-state index contributed by atoms with van der Waals surface area (Å²) in [6.07, 6.45) is 10.6. The molecule has 0 aliphatic carbocycles. The molecule has 14 heteroatoms. The number of imide groups is 2. The number of pyridine rings is 6. The van der Waals surface area contributed by atoms with Gasteiger partial charge in [0.15, 0.2) is 0 Å². The first-order chi connectivity index (χ1) is 37.4. The van der Waals surface area contributed by atoms with Crippen LogP contribution in [0.15, 0.2) is 158 Å². The summed E-state index contributed by atoms with van der Waals surface area (Å²) in [5, 5.41) is 6.24. The number of rotatable bonds is 8. The van der Waals surface area contributed by atoms with Crippen LogP contribution in [0.1, 0.15) is 67.1 Å². The van der Waals surface area contributed by atoms with Crippen LogP contribution in [0.25, 0.3) is 88.6 Å². The molecule has 0 atom stereocenters. The van der Waals surface area contributed by atoms with Gasteiger partial charge in [0.25, 0.3) is 23.6 Å². The number of hydrogen-bond acceptors (Lipinski definition) is 12. The predicted octanol–water partition coefficient (Wildman–Crippen LogP) is 11.6. The first-order valence-electron chi connectivity index (χ1n) is 25.6. The van der Waals surface area contributed by atoms with Crippen LogP contribution in [-0.4, -0.2) is 79.7 Å². The van der Waals surface area contributed by atoms with E-state index < -0.39 is 23.6 Å². The SMILES string of the molecule is O=C1c2ccc3c4c(N5CCCC5)cc5c6c(ccc(c7c(N8CCCC8)cc(c2c37)C(=O)N1c1cc(-c2ccccn2)nc(-c2ccccn2)c1)c64)C(=O)N(c1cc(-c2ccccn2)nc(-c2ccccn2)c1)C5=O. The van der Waals surface area contributed by atoms with Crippen molar-refractivity contribution in [3.63, 3.8) is 0 Å². The Morgan fingerprint density at radius 3 is 0.961 bits per heavy atom. The third-order valence-corrected chi connectivity index (χ3v) is 15.5. The van der Waals surface area contributed by atoms with Crippen LogP contribution in [0.2, 0.25) is 0 Å². The summed E-state index contributed by atoms with van der Waals surface area (Å²) in [6, 6.07) is 40.8. The van der Waals surface area contributed by atoms with Crippen molar-refractivity contribution in [2.24, 2.45) is 0 Å². The average Bonchev–Trinajstić information content (AvgIpc) is 4.24. The van der Waals surface area contributed by atoms with Crippen LogP contribution >= 0.6 is 0 Å². The summed E-state index contributed by atoms with van der Waals surface area (Å²) in [4.78, 5) is 97.4. The average molecular weight is 991 g/mol. The standard InChI is InChI=1S/C62H42N10O4/c73-59-39-19-17-37-56-52(70-27-11-12-28-70)34-42-54-40(60(74)72(62(42)76)36-31-49(45-15-3-7-23-65-45)68-50(32-36)46-16-4-8-24-66-46)20-18-38(58(54)56)55-51(69-25-9-10-26-69)33-41(53(39)57(37)55)61(75)71(59)35-29-47(43-13-1-5-21-63-43)67-48(30-35)44-14-2-6-22-64-44/h1-8,13-24,29-34H,9-12,25-28H2. The maximum atomic E-state index is 15.6. The van der Waals surface area contributed by atoms with Crippen LogP contribution in [0, 0.1) is 0 Å². The van der Waals surface area contributed by atoms with Crippen molar-refractivity contribution in [3.05, 3.63) is 181 Å². The smallest absolute Gasteiger partial charge is 0.266 e.